The minimum Gasteiger partial charge on any atom is -0.324 e. The summed E-state index contributed by atoms with van der Waals surface area (Å²) in [6, 6.07) is 32.2. The van der Waals surface area contributed by atoms with Crippen molar-refractivity contribution in [3.63, 3.8) is 0 Å². The number of hydrogen-bond acceptors (Lipinski definition) is 6. The predicted octanol–water partition coefficient (Wildman–Crippen LogP) is 9.17. The van der Waals surface area contributed by atoms with Crippen molar-refractivity contribution in [3.8, 4) is 45.6 Å². The highest BCUT2D eigenvalue weighted by molar-refractivity contribution is 6.06. The van der Waals surface area contributed by atoms with Gasteiger partial charge in [0.1, 0.15) is 22.6 Å². The lowest BCUT2D eigenvalue weighted by molar-refractivity contribution is 0.737. The number of aromatic amines is 2. The lowest BCUT2D eigenvalue weighted by Gasteiger charge is -1.96. The van der Waals surface area contributed by atoms with E-state index in [1.54, 1.807) is 0 Å². The molecule has 0 radical (unpaired) electrons. The van der Waals surface area contributed by atoms with Gasteiger partial charge in [-0.3, -0.25) is 0 Å². The second-order valence-corrected chi connectivity index (χ2v) is 11.5. The molecule has 2 aliphatic heterocycles. The fraction of sp³-hybridized carbons (Fsp3) is 0.135. The van der Waals surface area contributed by atoms with Crippen molar-refractivity contribution in [1.82, 2.24) is 39.9 Å². The minimum atomic E-state index is 0. The predicted molar refractivity (Wildman–Crippen MR) is 183 cm³/mol. The Hall–Kier alpha value is -5.76. The van der Waals surface area contributed by atoms with Crippen LogP contribution in [0.4, 0.5) is 0 Å². The quantitative estimate of drug-likeness (QED) is 0.183. The summed E-state index contributed by atoms with van der Waals surface area (Å²) < 4.78 is 0. The van der Waals surface area contributed by atoms with Crippen LogP contribution in [-0.4, -0.2) is 39.9 Å². The third-order valence-corrected chi connectivity index (χ3v) is 7.46. The van der Waals surface area contributed by atoms with Gasteiger partial charge in [-0.15, -0.1) is 0 Å². The van der Waals surface area contributed by atoms with Crippen molar-refractivity contribution in [3.05, 3.63) is 97.1 Å². The normalized spacial score (nSPS) is 11.5. The highest BCUT2D eigenvalue weighted by Crippen LogP contribution is 2.36. The molecule has 7 aromatic rings. The summed E-state index contributed by atoms with van der Waals surface area (Å²) in [6.07, 6.45) is 0. The average molecular weight is 589 g/mol. The molecule has 2 N–H and O–H groups in total. The second-order valence-electron chi connectivity index (χ2n) is 11.5. The number of rotatable bonds is 0. The number of nitrogens with one attached hydrogen (secondary N) is 2. The topological polar surface area (TPSA) is 109 Å². The monoisotopic (exact) mass is 588 g/mol. The first-order chi connectivity index (χ1) is 21.5. The van der Waals surface area contributed by atoms with Gasteiger partial charge in [0.05, 0.1) is 0 Å². The molecule has 2 aliphatic rings. The third-order valence-electron chi connectivity index (χ3n) is 7.46. The van der Waals surface area contributed by atoms with Gasteiger partial charge >= 0.3 is 0 Å². The summed E-state index contributed by atoms with van der Waals surface area (Å²) in [6.45, 7) is 6.50. The van der Waals surface area contributed by atoms with Crippen LogP contribution in [0.3, 0.4) is 0 Å². The van der Waals surface area contributed by atoms with Crippen molar-refractivity contribution < 1.29 is 0 Å². The van der Waals surface area contributed by atoms with E-state index in [0.29, 0.717) is 45.9 Å². The van der Waals surface area contributed by atoms with E-state index in [2.05, 4.69) is 30.7 Å². The van der Waals surface area contributed by atoms with Crippen LogP contribution in [0.2, 0.25) is 0 Å². The van der Waals surface area contributed by atoms with Gasteiger partial charge in [0.25, 0.3) is 0 Å². The zero-order valence-electron chi connectivity index (χ0n) is 24.5. The summed E-state index contributed by atoms with van der Waals surface area (Å²) in [7, 11) is 0. The molecule has 0 amide bonds. The Morgan fingerprint density at radius 2 is 0.600 bits per heavy atom. The largest absolute Gasteiger partial charge is 0.324 e. The molecule has 45 heavy (non-hydrogen) atoms. The number of nitrogens with zero attached hydrogens (tertiary/aromatic N) is 6. The summed E-state index contributed by atoms with van der Waals surface area (Å²) in [4.78, 5) is 36.8. The average Bonchev–Trinajstić information content (AvgIpc) is 3.76. The molecule has 8 nitrogen and oxygen atoms in total. The smallest absolute Gasteiger partial charge is 0.164 e. The van der Waals surface area contributed by atoms with E-state index in [9.17, 15) is 0 Å². The van der Waals surface area contributed by atoms with Crippen molar-refractivity contribution in [2.45, 2.75) is 28.2 Å². The van der Waals surface area contributed by atoms with E-state index >= 15 is 0 Å². The van der Waals surface area contributed by atoms with Gasteiger partial charge in [0.15, 0.2) is 23.3 Å². The highest BCUT2D eigenvalue weighted by Gasteiger charge is 2.21. The molecule has 0 saturated heterocycles. The lowest BCUT2D eigenvalue weighted by atomic mass is 10.1. The van der Waals surface area contributed by atoms with Crippen LogP contribution < -0.4 is 0 Å². The van der Waals surface area contributed by atoms with E-state index in [0.717, 1.165) is 49.7 Å². The molecule has 0 spiro atoms. The maximum absolute atomic E-state index is 5.02. The van der Waals surface area contributed by atoms with Crippen molar-refractivity contribution >= 4 is 44.1 Å². The van der Waals surface area contributed by atoms with Gasteiger partial charge < -0.3 is 9.97 Å². The van der Waals surface area contributed by atoms with Gasteiger partial charge in [0, 0.05) is 43.8 Å². The molecule has 8 bridgehead atoms. The SMILES string of the molecule is C.CC(C)C.c1ccc2c(c1)-c1nc-2nc2[nH]c(nc3nc(nc4[nH]c(n1)c1ccccc41)-c1ccccc1-3)c1ccccc21. The van der Waals surface area contributed by atoms with Crippen molar-refractivity contribution in [2.24, 2.45) is 5.92 Å². The van der Waals surface area contributed by atoms with Crippen LogP contribution in [0, 0.1) is 5.92 Å². The first-order valence-corrected chi connectivity index (χ1v) is 14.7. The maximum Gasteiger partial charge on any atom is 0.164 e. The lowest BCUT2D eigenvalue weighted by Crippen LogP contribution is -1.82. The molecular weight excluding hydrogens is 556 g/mol. The van der Waals surface area contributed by atoms with E-state index in [1.165, 1.54) is 0 Å². The molecule has 0 atom stereocenters. The summed E-state index contributed by atoms with van der Waals surface area (Å²) in [5.74, 6) is 3.22. The number of benzene rings is 4. The standard InChI is InChI=1S/C32H18N8.C4H10.CH4/c1-2-10-18-17(9-1)25-33-26(18)38-28-21-13-5-6-14-22(21)30(35-28)40-32-24-16-8-7-15-23(24)31(36-32)39-29-20-12-4-3-11-19(20)27(34-29)37-25;1-4(2)3;/h1-16H,(H2,33,34,35,36,37,38,39,40);4H,1-3H3;1H4. The Labute approximate surface area is 260 Å². The van der Waals surface area contributed by atoms with Crippen molar-refractivity contribution in [2.75, 3.05) is 0 Å². The number of hydrogen-bond donors (Lipinski definition) is 2. The molecular formula is C37H32N8. The third kappa shape index (κ3) is 4.80. The Morgan fingerprint density at radius 1 is 0.378 bits per heavy atom. The molecule has 0 saturated carbocycles. The first kappa shape index (κ1) is 28.0. The summed E-state index contributed by atoms with van der Waals surface area (Å²) in [5.41, 5.74) is 6.45. The zero-order chi connectivity index (χ0) is 29.8. The van der Waals surface area contributed by atoms with Crippen LogP contribution in [0.5, 0.6) is 0 Å². The van der Waals surface area contributed by atoms with E-state index in [4.69, 9.17) is 29.9 Å². The molecule has 220 valence electrons. The highest BCUT2D eigenvalue weighted by atomic mass is 15.1. The molecule has 3 aromatic heterocycles. The Kier molecular flexibility index (Phi) is 6.89. The summed E-state index contributed by atoms with van der Waals surface area (Å²) >= 11 is 0. The number of H-pyrrole nitrogens is 2. The van der Waals surface area contributed by atoms with Crippen LogP contribution in [-0.2, 0) is 0 Å². The molecule has 4 aromatic carbocycles. The first-order valence-electron chi connectivity index (χ1n) is 14.7. The number of fused-ring (bicyclic) bond motifs is 20. The molecule has 5 heterocycles. The van der Waals surface area contributed by atoms with E-state index < -0.39 is 0 Å². The van der Waals surface area contributed by atoms with Crippen molar-refractivity contribution in [1.29, 1.82) is 0 Å². The van der Waals surface area contributed by atoms with Gasteiger partial charge in [0.2, 0.25) is 0 Å². The minimum absolute atomic E-state index is 0. The van der Waals surface area contributed by atoms with Crippen LogP contribution >= 0.6 is 0 Å². The summed E-state index contributed by atoms with van der Waals surface area (Å²) in [5, 5.41) is 3.82. The molecule has 0 unspecified atom stereocenters. The van der Waals surface area contributed by atoms with Crippen LogP contribution in [0.1, 0.15) is 28.2 Å². The molecule has 0 fully saturated rings. The molecule has 0 aliphatic carbocycles. The van der Waals surface area contributed by atoms with Crippen LogP contribution in [0.15, 0.2) is 97.1 Å². The second kappa shape index (κ2) is 11.1. The van der Waals surface area contributed by atoms with Gasteiger partial charge in [-0.1, -0.05) is 125 Å². The van der Waals surface area contributed by atoms with Gasteiger partial charge in [-0.2, -0.15) is 0 Å². The fourth-order valence-electron chi connectivity index (χ4n) is 5.59. The van der Waals surface area contributed by atoms with Gasteiger partial charge in [-0.25, -0.2) is 29.9 Å². The van der Waals surface area contributed by atoms with Crippen LogP contribution in [0.25, 0.3) is 89.7 Å². The zero-order valence-corrected chi connectivity index (χ0v) is 24.5. The number of aromatic nitrogens is 8. The molecule has 8 heteroatoms. The fourth-order valence-corrected chi connectivity index (χ4v) is 5.59. The Bertz CT molecular complexity index is 2080. The maximum atomic E-state index is 5.02. The molecule has 9 rings (SSSR count). The Morgan fingerprint density at radius 3 is 0.844 bits per heavy atom. The van der Waals surface area contributed by atoms with E-state index in [1.807, 2.05) is 97.1 Å². The Balaban J connectivity index is 0.000000617. The van der Waals surface area contributed by atoms with Gasteiger partial charge in [-0.05, 0) is 5.92 Å². The van der Waals surface area contributed by atoms with E-state index in [-0.39, 0.29) is 7.43 Å².